The molecule has 0 heterocycles. The summed E-state index contributed by atoms with van der Waals surface area (Å²) in [6, 6.07) is 15.7. The van der Waals surface area contributed by atoms with Crippen LogP contribution in [-0.4, -0.2) is 12.6 Å². The second-order valence-electron chi connectivity index (χ2n) is 4.17. The summed E-state index contributed by atoms with van der Waals surface area (Å²) in [5, 5.41) is 0. The third-order valence-electron chi connectivity index (χ3n) is 2.73. The molecule has 2 rings (SSSR count). The maximum Gasteiger partial charge on any atom is 0.338 e. The van der Waals surface area contributed by atoms with Gasteiger partial charge in [0.1, 0.15) is 0 Å². The van der Waals surface area contributed by atoms with E-state index < -0.39 is 0 Å². The molecule has 2 aromatic carbocycles. The summed E-state index contributed by atoms with van der Waals surface area (Å²) < 4.78 is 5.00. The smallest absolute Gasteiger partial charge is 0.338 e. The van der Waals surface area contributed by atoms with Crippen LogP contribution in [0, 0.1) is 6.92 Å². The third-order valence-corrected chi connectivity index (χ3v) is 2.73. The molecule has 0 radical (unpaired) electrons. The third kappa shape index (κ3) is 2.77. The zero-order chi connectivity index (χ0) is 13.0. The lowest BCUT2D eigenvalue weighted by Gasteiger charge is -2.06. The zero-order valence-corrected chi connectivity index (χ0v) is 10.6. The van der Waals surface area contributed by atoms with Gasteiger partial charge in [0.25, 0.3) is 0 Å². The van der Waals surface area contributed by atoms with E-state index in [4.69, 9.17) is 4.74 Å². The molecule has 0 saturated carbocycles. The van der Waals surface area contributed by atoms with E-state index in [2.05, 4.69) is 19.1 Å². The number of hydrogen-bond acceptors (Lipinski definition) is 2. The quantitative estimate of drug-likeness (QED) is 0.762. The Kier molecular flexibility index (Phi) is 3.78. The maximum absolute atomic E-state index is 11.7. The number of ether oxygens (including phenoxy) is 1. The van der Waals surface area contributed by atoms with Gasteiger partial charge in [0.15, 0.2) is 0 Å². The van der Waals surface area contributed by atoms with E-state index in [0.29, 0.717) is 12.2 Å². The summed E-state index contributed by atoms with van der Waals surface area (Å²) in [6.45, 7) is 4.26. The molecule has 0 aliphatic heterocycles. The number of benzene rings is 2. The fraction of sp³-hybridized carbons (Fsp3) is 0.188. The van der Waals surface area contributed by atoms with Crippen LogP contribution < -0.4 is 0 Å². The van der Waals surface area contributed by atoms with Crippen molar-refractivity contribution >= 4 is 5.97 Å². The van der Waals surface area contributed by atoms with Gasteiger partial charge in [0, 0.05) is 0 Å². The summed E-state index contributed by atoms with van der Waals surface area (Å²) >= 11 is 0. The van der Waals surface area contributed by atoms with Gasteiger partial charge in [-0.25, -0.2) is 4.79 Å². The second-order valence-corrected chi connectivity index (χ2v) is 4.17. The molecule has 2 nitrogen and oxygen atoms in total. The molecule has 0 atom stereocenters. The van der Waals surface area contributed by atoms with Gasteiger partial charge in [-0.2, -0.15) is 0 Å². The van der Waals surface area contributed by atoms with Crippen molar-refractivity contribution in [3.63, 3.8) is 0 Å². The van der Waals surface area contributed by atoms with Crippen LogP contribution in [-0.2, 0) is 4.74 Å². The predicted molar refractivity (Wildman–Crippen MR) is 72.6 cm³/mol. The van der Waals surface area contributed by atoms with Gasteiger partial charge < -0.3 is 4.74 Å². The Morgan fingerprint density at radius 2 is 1.72 bits per heavy atom. The van der Waals surface area contributed by atoms with Crippen molar-refractivity contribution in [2.75, 3.05) is 6.61 Å². The van der Waals surface area contributed by atoms with Crippen LogP contribution in [0.4, 0.5) is 0 Å². The first-order valence-electron chi connectivity index (χ1n) is 6.05. The SMILES string of the molecule is CCOC(=O)c1cccc(-c2cccc(C)c2)c1. The lowest BCUT2D eigenvalue weighted by molar-refractivity contribution is 0.0526. The Bertz CT molecular complexity index is 559. The molecule has 2 heteroatoms. The van der Waals surface area contributed by atoms with Crippen molar-refractivity contribution in [2.45, 2.75) is 13.8 Å². The Labute approximate surface area is 107 Å². The van der Waals surface area contributed by atoms with Crippen LogP contribution in [0.5, 0.6) is 0 Å². The van der Waals surface area contributed by atoms with E-state index in [0.717, 1.165) is 11.1 Å². The topological polar surface area (TPSA) is 26.3 Å². The highest BCUT2D eigenvalue weighted by molar-refractivity contribution is 5.91. The molecule has 0 aliphatic carbocycles. The van der Waals surface area contributed by atoms with Gasteiger partial charge in [0.2, 0.25) is 0 Å². The van der Waals surface area contributed by atoms with Gasteiger partial charge in [-0.3, -0.25) is 0 Å². The van der Waals surface area contributed by atoms with E-state index in [1.807, 2.05) is 37.3 Å². The molecule has 18 heavy (non-hydrogen) atoms. The van der Waals surface area contributed by atoms with Crippen molar-refractivity contribution < 1.29 is 9.53 Å². The summed E-state index contributed by atoms with van der Waals surface area (Å²) in [5.41, 5.74) is 3.94. The number of hydrogen-bond donors (Lipinski definition) is 0. The van der Waals surface area contributed by atoms with Gasteiger partial charge in [-0.1, -0.05) is 42.0 Å². The molecule has 2 aromatic rings. The van der Waals surface area contributed by atoms with Crippen LogP contribution in [0.2, 0.25) is 0 Å². The van der Waals surface area contributed by atoms with Gasteiger partial charge in [0.05, 0.1) is 12.2 Å². The molecular formula is C16H16O2. The van der Waals surface area contributed by atoms with E-state index >= 15 is 0 Å². The molecule has 0 aromatic heterocycles. The Balaban J connectivity index is 2.35. The largest absolute Gasteiger partial charge is 0.462 e. The summed E-state index contributed by atoms with van der Waals surface area (Å²) in [4.78, 5) is 11.7. The van der Waals surface area contributed by atoms with Crippen LogP contribution in [0.25, 0.3) is 11.1 Å². The average molecular weight is 240 g/mol. The summed E-state index contributed by atoms with van der Waals surface area (Å²) in [7, 11) is 0. The van der Waals surface area contributed by atoms with Crippen molar-refractivity contribution in [1.29, 1.82) is 0 Å². The molecule has 0 aliphatic rings. The number of carbonyl (C=O) groups excluding carboxylic acids is 1. The normalized spacial score (nSPS) is 10.1. The monoisotopic (exact) mass is 240 g/mol. The fourth-order valence-corrected chi connectivity index (χ4v) is 1.86. The average Bonchev–Trinajstić information content (AvgIpc) is 2.39. The number of esters is 1. The molecule has 92 valence electrons. The summed E-state index contributed by atoms with van der Waals surface area (Å²) in [6.07, 6.45) is 0. The molecular weight excluding hydrogens is 224 g/mol. The minimum atomic E-state index is -0.271. The van der Waals surface area contributed by atoms with Crippen LogP contribution >= 0.6 is 0 Å². The minimum Gasteiger partial charge on any atom is -0.462 e. The predicted octanol–water partition coefficient (Wildman–Crippen LogP) is 3.84. The summed E-state index contributed by atoms with van der Waals surface area (Å²) in [5.74, 6) is -0.271. The van der Waals surface area contributed by atoms with Crippen molar-refractivity contribution in [1.82, 2.24) is 0 Å². The van der Waals surface area contributed by atoms with Crippen molar-refractivity contribution in [3.8, 4) is 11.1 Å². The molecule has 0 amide bonds. The van der Waals surface area contributed by atoms with Crippen LogP contribution in [0.15, 0.2) is 48.5 Å². The van der Waals surface area contributed by atoms with E-state index in [1.165, 1.54) is 5.56 Å². The van der Waals surface area contributed by atoms with Crippen molar-refractivity contribution in [2.24, 2.45) is 0 Å². The van der Waals surface area contributed by atoms with E-state index in [9.17, 15) is 4.79 Å². The number of rotatable bonds is 3. The Hall–Kier alpha value is -2.09. The first kappa shape index (κ1) is 12.4. The van der Waals surface area contributed by atoms with Crippen LogP contribution in [0.1, 0.15) is 22.8 Å². The fourth-order valence-electron chi connectivity index (χ4n) is 1.86. The molecule has 0 unspecified atom stereocenters. The first-order valence-corrected chi connectivity index (χ1v) is 6.05. The number of carbonyl (C=O) groups is 1. The Morgan fingerprint density at radius 3 is 2.39 bits per heavy atom. The minimum absolute atomic E-state index is 0.271. The highest BCUT2D eigenvalue weighted by atomic mass is 16.5. The highest BCUT2D eigenvalue weighted by Crippen LogP contribution is 2.21. The number of aryl methyl sites for hydroxylation is 1. The highest BCUT2D eigenvalue weighted by Gasteiger charge is 2.07. The standard InChI is InChI=1S/C16H16O2/c1-3-18-16(17)15-9-5-8-14(11-15)13-7-4-6-12(2)10-13/h4-11H,3H2,1-2H3. The van der Waals surface area contributed by atoms with Crippen LogP contribution in [0.3, 0.4) is 0 Å². The molecule has 0 bridgehead atoms. The molecule has 0 saturated heterocycles. The lowest BCUT2D eigenvalue weighted by Crippen LogP contribution is -2.04. The van der Waals surface area contributed by atoms with Gasteiger partial charge in [-0.05, 0) is 37.1 Å². The molecule has 0 N–H and O–H groups in total. The Morgan fingerprint density at radius 1 is 1.06 bits per heavy atom. The molecule has 0 spiro atoms. The first-order chi connectivity index (χ1) is 8.70. The van der Waals surface area contributed by atoms with Gasteiger partial charge in [-0.15, -0.1) is 0 Å². The van der Waals surface area contributed by atoms with Crippen molar-refractivity contribution in [3.05, 3.63) is 59.7 Å². The second kappa shape index (κ2) is 5.50. The maximum atomic E-state index is 11.7. The van der Waals surface area contributed by atoms with E-state index in [1.54, 1.807) is 6.07 Å². The zero-order valence-electron chi connectivity index (χ0n) is 10.6. The molecule has 0 fully saturated rings. The van der Waals surface area contributed by atoms with E-state index in [-0.39, 0.29) is 5.97 Å². The lowest BCUT2D eigenvalue weighted by atomic mass is 10.0. The van der Waals surface area contributed by atoms with Gasteiger partial charge >= 0.3 is 5.97 Å².